The first-order valence-electron chi connectivity index (χ1n) is 6.89. The van der Waals surface area contributed by atoms with Crippen molar-refractivity contribution in [2.45, 2.75) is 46.8 Å². The standard InChI is InChI=1S/C16H22N2OS/c1-10(2)16-14(8-17)20-15(18-16)9-19-13-6-11(3)5-12(4)7-13/h5-7,10H,8-9,17H2,1-4H3. The highest BCUT2D eigenvalue weighted by Gasteiger charge is 2.13. The Labute approximate surface area is 124 Å². The van der Waals surface area contributed by atoms with Gasteiger partial charge in [-0.3, -0.25) is 0 Å². The second kappa shape index (κ2) is 6.37. The molecule has 2 aromatic rings. The number of hydrogen-bond donors (Lipinski definition) is 1. The Hall–Kier alpha value is -1.39. The number of aromatic nitrogens is 1. The molecule has 0 aliphatic heterocycles. The molecule has 3 nitrogen and oxygen atoms in total. The van der Waals surface area contributed by atoms with Gasteiger partial charge in [0.25, 0.3) is 0 Å². The fraction of sp³-hybridized carbons (Fsp3) is 0.438. The van der Waals surface area contributed by atoms with E-state index in [4.69, 9.17) is 10.5 Å². The van der Waals surface area contributed by atoms with Crippen molar-refractivity contribution in [3.8, 4) is 5.75 Å². The Kier molecular flexibility index (Phi) is 4.78. The first-order valence-corrected chi connectivity index (χ1v) is 7.71. The lowest BCUT2D eigenvalue weighted by molar-refractivity contribution is 0.305. The number of rotatable bonds is 5. The molecule has 0 spiro atoms. The van der Waals surface area contributed by atoms with Crippen LogP contribution in [0.2, 0.25) is 0 Å². The number of nitrogens with zero attached hydrogens (tertiary/aromatic N) is 1. The highest BCUT2D eigenvalue weighted by Crippen LogP contribution is 2.26. The molecule has 2 rings (SSSR count). The summed E-state index contributed by atoms with van der Waals surface area (Å²) in [4.78, 5) is 5.82. The number of nitrogens with two attached hydrogens (primary N) is 1. The predicted octanol–water partition coefficient (Wildman–Crippen LogP) is 3.92. The molecule has 0 aliphatic rings. The summed E-state index contributed by atoms with van der Waals surface area (Å²) in [5.41, 5.74) is 9.31. The second-order valence-electron chi connectivity index (χ2n) is 5.39. The van der Waals surface area contributed by atoms with E-state index >= 15 is 0 Å². The molecule has 0 atom stereocenters. The quantitative estimate of drug-likeness (QED) is 0.908. The van der Waals surface area contributed by atoms with Crippen molar-refractivity contribution >= 4 is 11.3 Å². The fourth-order valence-corrected chi connectivity index (χ4v) is 3.25. The van der Waals surface area contributed by atoms with Crippen LogP contribution in [0.25, 0.3) is 0 Å². The molecule has 1 aromatic heterocycles. The number of aryl methyl sites for hydroxylation is 2. The van der Waals surface area contributed by atoms with Gasteiger partial charge in [-0.1, -0.05) is 19.9 Å². The van der Waals surface area contributed by atoms with Crippen LogP contribution in [0.1, 0.15) is 46.5 Å². The Morgan fingerprint density at radius 1 is 1.20 bits per heavy atom. The van der Waals surface area contributed by atoms with E-state index in [1.807, 2.05) is 12.1 Å². The molecule has 0 bridgehead atoms. The average molecular weight is 290 g/mol. The Morgan fingerprint density at radius 2 is 1.85 bits per heavy atom. The highest BCUT2D eigenvalue weighted by molar-refractivity contribution is 7.11. The van der Waals surface area contributed by atoms with E-state index in [1.165, 1.54) is 16.0 Å². The minimum absolute atomic E-state index is 0.403. The zero-order valence-electron chi connectivity index (χ0n) is 12.6. The van der Waals surface area contributed by atoms with Crippen LogP contribution in [-0.4, -0.2) is 4.98 Å². The fourth-order valence-electron chi connectivity index (χ4n) is 2.23. The molecule has 0 fully saturated rings. The van der Waals surface area contributed by atoms with E-state index in [0.29, 0.717) is 19.1 Å². The van der Waals surface area contributed by atoms with Gasteiger partial charge in [0.05, 0.1) is 5.69 Å². The largest absolute Gasteiger partial charge is 0.486 e. The minimum Gasteiger partial charge on any atom is -0.486 e. The van der Waals surface area contributed by atoms with Crippen molar-refractivity contribution in [1.29, 1.82) is 0 Å². The predicted molar refractivity (Wildman–Crippen MR) is 84.3 cm³/mol. The molecule has 0 unspecified atom stereocenters. The Balaban J connectivity index is 2.10. The van der Waals surface area contributed by atoms with Crippen LogP contribution in [0, 0.1) is 13.8 Å². The van der Waals surface area contributed by atoms with Crippen molar-refractivity contribution in [2.24, 2.45) is 5.73 Å². The summed E-state index contributed by atoms with van der Waals surface area (Å²) in [7, 11) is 0. The number of hydrogen-bond acceptors (Lipinski definition) is 4. The van der Waals surface area contributed by atoms with Crippen molar-refractivity contribution in [3.63, 3.8) is 0 Å². The SMILES string of the molecule is Cc1cc(C)cc(OCc2nc(C(C)C)c(CN)s2)c1. The summed E-state index contributed by atoms with van der Waals surface area (Å²) in [6, 6.07) is 6.24. The van der Waals surface area contributed by atoms with Crippen molar-refractivity contribution in [1.82, 2.24) is 4.98 Å². The molecule has 1 heterocycles. The molecule has 0 aliphatic carbocycles. The molecule has 0 saturated heterocycles. The van der Waals surface area contributed by atoms with Gasteiger partial charge in [-0.15, -0.1) is 11.3 Å². The normalized spacial score (nSPS) is 11.1. The van der Waals surface area contributed by atoms with E-state index < -0.39 is 0 Å². The van der Waals surface area contributed by atoms with Gasteiger partial charge in [-0.2, -0.15) is 0 Å². The summed E-state index contributed by atoms with van der Waals surface area (Å²) < 4.78 is 5.85. The van der Waals surface area contributed by atoms with Gasteiger partial charge in [0.1, 0.15) is 17.4 Å². The van der Waals surface area contributed by atoms with E-state index in [0.717, 1.165) is 16.5 Å². The lowest BCUT2D eigenvalue weighted by Crippen LogP contribution is -2.00. The second-order valence-corrected chi connectivity index (χ2v) is 6.56. The van der Waals surface area contributed by atoms with E-state index in [2.05, 4.69) is 38.7 Å². The topological polar surface area (TPSA) is 48.1 Å². The minimum atomic E-state index is 0.403. The third kappa shape index (κ3) is 3.58. The lowest BCUT2D eigenvalue weighted by Gasteiger charge is -2.06. The van der Waals surface area contributed by atoms with Crippen molar-refractivity contribution in [2.75, 3.05) is 0 Å². The van der Waals surface area contributed by atoms with Crippen LogP contribution in [-0.2, 0) is 13.2 Å². The first kappa shape index (κ1) is 15.0. The van der Waals surface area contributed by atoms with Gasteiger partial charge in [0, 0.05) is 11.4 Å². The number of ether oxygens (including phenoxy) is 1. The molecule has 1 aromatic carbocycles. The molecule has 2 N–H and O–H groups in total. The number of thiazole rings is 1. The average Bonchev–Trinajstić information content (AvgIpc) is 2.78. The number of benzene rings is 1. The monoisotopic (exact) mass is 290 g/mol. The van der Waals surface area contributed by atoms with Gasteiger partial charge in [-0.25, -0.2) is 4.98 Å². The van der Waals surface area contributed by atoms with Crippen LogP contribution in [0.3, 0.4) is 0 Å². The summed E-state index contributed by atoms with van der Waals surface area (Å²) in [6.07, 6.45) is 0. The Morgan fingerprint density at radius 3 is 2.35 bits per heavy atom. The van der Waals surface area contributed by atoms with E-state index in [-0.39, 0.29) is 0 Å². The van der Waals surface area contributed by atoms with Crippen LogP contribution in [0.4, 0.5) is 0 Å². The molecule has 20 heavy (non-hydrogen) atoms. The third-order valence-corrected chi connectivity index (χ3v) is 4.13. The maximum absolute atomic E-state index is 5.85. The molecule has 0 amide bonds. The third-order valence-electron chi connectivity index (χ3n) is 3.06. The summed E-state index contributed by atoms with van der Waals surface area (Å²) in [6.45, 7) is 9.49. The van der Waals surface area contributed by atoms with Crippen molar-refractivity contribution in [3.05, 3.63) is 44.9 Å². The summed E-state index contributed by atoms with van der Waals surface area (Å²) >= 11 is 1.65. The maximum atomic E-state index is 5.85. The van der Waals surface area contributed by atoms with Gasteiger partial charge in [-0.05, 0) is 43.0 Å². The van der Waals surface area contributed by atoms with E-state index in [1.54, 1.807) is 11.3 Å². The lowest BCUT2D eigenvalue weighted by atomic mass is 10.1. The summed E-state index contributed by atoms with van der Waals surface area (Å²) in [5.74, 6) is 1.30. The molecular weight excluding hydrogens is 268 g/mol. The van der Waals surface area contributed by atoms with Gasteiger partial charge < -0.3 is 10.5 Å². The smallest absolute Gasteiger partial charge is 0.140 e. The molecule has 0 saturated carbocycles. The van der Waals surface area contributed by atoms with Crippen LogP contribution < -0.4 is 10.5 Å². The van der Waals surface area contributed by atoms with Crippen LogP contribution in [0.5, 0.6) is 5.75 Å². The molecule has 108 valence electrons. The molecule has 0 radical (unpaired) electrons. The van der Waals surface area contributed by atoms with Crippen LogP contribution >= 0.6 is 11.3 Å². The molecule has 4 heteroatoms. The zero-order valence-corrected chi connectivity index (χ0v) is 13.4. The molecular formula is C16H22N2OS. The zero-order chi connectivity index (χ0) is 14.7. The summed E-state index contributed by atoms with van der Waals surface area (Å²) in [5, 5.41) is 0.994. The van der Waals surface area contributed by atoms with Gasteiger partial charge >= 0.3 is 0 Å². The first-order chi connectivity index (χ1) is 9.49. The maximum Gasteiger partial charge on any atom is 0.140 e. The Bertz CT molecular complexity index is 570. The van der Waals surface area contributed by atoms with E-state index in [9.17, 15) is 0 Å². The highest BCUT2D eigenvalue weighted by atomic mass is 32.1. The van der Waals surface area contributed by atoms with Gasteiger partial charge in [0.2, 0.25) is 0 Å². The van der Waals surface area contributed by atoms with Crippen molar-refractivity contribution < 1.29 is 4.74 Å². The van der Waals surface area contributed by atoms with Gasteiger partial charge in [0.15, 0.2) is 0 Å². The van der Waals surface area contributed by atoms with Crippen LogP contribution in [0.15, 0.2) is 18.2 Å².